The van der Waals surface area contributed by atoms with Crippen molar-refractivity contribution in [2.45, 2.75) is 24.0 Å². The van der Waals surface area contributed by atoms with Crippen LogP contribution in [-0.4, -0.2) is 16.1 Å². The molecular formula is C9H11Cl2NS. The van der Waals surface area contributed by atoms with Crippen LogP contribution < -0.4 is 0 Å². The zero-order valence-corrected chi connectivity index (χ0v) is 9.88. The largest absolute Gasteiger partial charge is 0.260 e. The Morgan fingerprint density at radius 2 is 2.31 bits per heavy atom. The average Bonchev–Trinajstić information content (AvgIpc) is 2.13. The summed E-state index contributed by atoms with van der Waals surface area (Å²) in [7, 11) is 0. The van der Waals surface area contributed by atoms with Crippen LogP contribution >= 0.6 is 35.0 Å². The molecule has 0 bridgehead atoms. The summed E-state index contributed by atoms with van der Waals surface area (Å²) in [5, 5.41) is 1.12. The number of hydrogen-bond donors (Lipinski definition) is 0. The second kappa shape index (κ2) is 5.08. The van der Waals surface area contributed by atoms with Crippen molar-refractivity contribution in [3.8, 4) is 0 Å². The number of hydrogen-bond acceptors (Lipinski definition) is 2. The standard InChI is InChI=1S/C9H11Cl2NS/c1-6(5-10)13-8-3-4-12-7(2)9(8)11/h3-4,6H,5H2,1-2H3. The summed E-state index contributed by atoms with van der Waals surface area (Å²) in [5.74, 6) is 0.627. The normalized spacial score (nSPS) is 12.9. The number of alkyl halides is 1. The summed E-state index contributed by atoms with van der Waals surface area (Å²) in [6.45, 7) is 3.97. The van der Waals surface area contributed by atoms with Gasteiger partial charge >= 0.3 is 0 Å². The monoisotopic (exact) mass is 235 g/mol. The molecule has 1 heterocycles. The molecule has 0 aliphatic heterocycles. The van der Waals surface area contributed by atoms with Gasteiger partial charge in [0.1, 0.15) is 0 Å². The van der Waals surface area contributed by atoms with Crippen molar-refractivity contribution in [3.63, 3.8) is 0 Å². The SMILES string of the molecule is Cc1nccc(SC(C)CCl)c1Cl. The van der Waals surface area contributed by atoms with E-state index >= 15 is 0 Å². The van der Waals surface area contributed by atoms with Crippen LogP contribution in [0.15, 0.2) is 17.2 Å². The van der Waals surface area contributed by atoms with Gasteiger partial charge in [-0.3, -0.25) is 4.98 Å². The molecule has 1 aromatic rings. The average molecular weight is 236 g/mol. The van der Waals surface area contributed by atoms with Crippen LogP contribution in [0.5, 0.6) is 0 Å². The third-order valence-corrected chi connectivity index (χ3v) is 3.97. The van der Waals surface area contributed by atoms with Crippen LogP contribution in [-0.2, 0) is 0 Å². The number of thioether (sulfide) groups is 1. The fraction of sp³-hybridized carbons (Fsp3) is 0.444. The maximum absolute atomic E-state index is 6.07. The van der Waals surface area contributed by atoms with Crippen LogP contribution in [0.1, 0.15) is 12.6 Å². The predicted octanol–water partition coefficient (Wildman–Crippen LogP) is 3.76. The first kappa shape index (κ1) is 11.2. The van der Waals surface area contributed by atoms with Gasteiger partial charge in [0.2, 0.25) is 0 Å². The summed E-state index contributed by atoms with van der Waals surface area (Å²) < 4.78 is 0. The molecule has 0 aliphatic rings. The van der Waals surface area contributed by atoms with E-state index in [2.05, 4.69) is 11.9 Å². The molecule has 0 radical (unpaired) electrons. The summed E-state index contributed by atoms with van der Waals surface area (Å²) in [4.78, 5) is 5.15. The Morgan fingerprint density at radius 1 is 1.62 bits per heavy atom. The lowest BCUT2D eigenvalue weighted by Crippen LogP contribution is -1.97. The molecule has 0 saturated carbocycles. The lowest BCUT2D eigenvalue weighted by molar-refractivity contribution is 1.10. The Morgan fingerprint density at radius 3 is 2.92 bits per heavy atom. The highest BCUT2D eigenvalue weighted by atomic mass is 35.5. The molecule has 0 aromatic carbocycles. The maximum atomic E-state index is 6.07. The molecule has 0 fully saturated rings. The van der Waals surface area contributed by atoms with E-state index in [1.165, 1.54) is 0 Å². The van der Waals surface area contributed by atoms with Crippen molar-refractivity contribution in [3.05, 3.63) is 23.0 Å². The number of aryl methyl sites for hydroxylation is 1. The number of pyridine rings is 1. The first-order valence-electron chi connectivity index (χ1n) is 3.99. The van der Waals surface area contributed by atoms with E-state index in [0.29, 0.717) is 11.1 Å². The van der Waals surface area contributed by atoms with E-state index < -0.39 is 0 Å². The van der Waals surface area contributed by atoms with Crippen molar-refractivity contribution in [1.29, 1.82) is 0 Å². The van der Waals surface area contributed by atoms with Crippen molar-refractivity contribution < 1.29 is 0 Å². The van der Waals surface area contributed by atoms with Gasteiger partial charge in [-0.15, -0.1) is 23.4 Å². The zero-order chi connectivity index (χ0) is 9.84. The van der Waals surface area contributed by atoms with Gasteiger partial charge in [-0.1, -0.05) is 18.5 Å². The Kier molecular flexibility index (Phi) is 4.36. The third-order valence-electron chi connectivity index (χ3n) is 1.57. The zero-order valence-electron chi connectivity index (χ0n) is 7.55. The van der Waals surface area contributed by atoms with Crippen molar-refractivity contribution >= 4 is 35.0 Å². The quantitative estimate of drug-likeness (QED) is 0.585. The Balaban J connectivity index is 2.83. The molecule has 0 spiro atoms. The summed E-state index contributed by atoms with van der Waals surface area (Å²) in [6.07, 6.45) is 1.77. The fourth-order valence-corrected chi connectivity index (χ4v) is 2.19. The Labute approximate surface area is 92.8 Å². The number of nitrogens with zero attached hydrogens (tertiary/aromatic N) is 1. The smallest absolute Gasteiger partial charge is 0.0754 e. The Hall–Kier alpha value is 0.0800. The second-order valence-electron chi connectivity index (χ2n) is 2.79. The van der Waals surface area contributed by atoms with Gasteiger partial charge in [0.15, 0.2) is 0 Å². The number of halogens is 2. The van der Waals surface area contributed by atoms with Gasteiger partial charge in [0, 0.05) is 22.2 Å². The van der Waals surface area contributed by atoms with Crippen molar-refractivity contribution in [2.75, 3.05) is 5.88 Å². The Bertz CT molecular complexity index is 291. The van der Waals surface area contributed by atoms with Gasteiger partial charge in [-0.25, -0.2) is 0 Å². The first-order valence-corrected chi connectivity index (χ1v) is 5.78. The molecule has 13 heavy (non-hydrogen) atoms. The highest BCUT2D eigenvalue weighted by molar-refractivity contribution is 8.00. The minimum absolute atomic E-state index is 0.376. The number of rotatable bonds is 3. The van der Waals surface area contributed by atoms with Crippen molar-refractivity contribution in [1.82, 2.24) is 4.98 Å². The molecule has 4 heteroatoms. The van der Waals surface area contributed by atoms with Gasteiger partial charge in [-0.05, 0) is 13.0 Å². The molecular weight excluding hydrogens is 225 g/mol. The van der Waals surface area contributed by atoms with Gasteiger partial charge < -0.3 is 0 Å². The van der Waals surface area contributed by atoms with E-state index in [-0.39, 0.29) is 0 Å². The van der Waals surface area contributed by atoms with E-state index in [1.54, 1.807) is 18.0 Å². The summed E-state index contributed by atoms with van der Waals surface area (Å²) in [5.41, 5.74) is 0.869. The molecule has 0 aliphatic carbocycles. The number of aromatic nitrogens is 1. The van der Waals surface area contributed by atoms with E-state index in [1.807, 2.05) is 13.0 Å². The van der Waals surface area contributed by atoms with Gasteiger partial charge in [0.05, 0.1) is 10.7 Å². The van der Waals surface area contributed by atoms with E-state index in [4.69, 9.17) is 23.2 Å². The highest BCUT2D eigenvalue weighted by Crippen LogP contribution is 2.31. The lowest BCUT2D eigenvalue weighted by Gasteiger charge is -2.09. The van der Waals surface area contributed by atoms with E-state index in [0.717, 1.165) is 15.6 Å². The fourth-order valence-electron chi connectivity index (χ4n) is 0.864. The molecule has 0 N–H and O–H groups in total. The molecule has 72 valence electrons. The molecule has 1 rings (SSSR count). The van der Waals surface area contributed by atoms with Crippen LogP contribution in [0.3, 0.4) is 0 Å². The summed E-state index contributed by atoms with van der Waals surface area (Å²) >= 11 is 13.5. The van der Waals surface area contributed by atoms with Crippen LogP contribution in [0.25, 0.3) is 0 Å². The second-order valence-corrected chi connectivity index (χ2v) is 4.96. The minimum atomic E-state index is 0.376. The van der Waals surface area contributed by atoms with Crippen LogP contribution in [0.2, 0.25) is 5.02 Å². The van der Waals surface area contributed by atoms with Crippen LogP contribution in [0, 0.1) is 6.92 Å². The molecule has 1 atom stereocenters. The van der Waals surface area contributed by atoms with Crippen LogP contribution in [0.4, 0.5) is 0 Å². The third kappa shape index (κ3) is 3.04. The molecule has 0 amide bonds. The lowest BCUT2D eigenvalue weighted by atomic mass is 10.4. The topological polar surface area (TPSA) is 12.9 Å². The van der Waals surface area contributed by atoms with E-state index in [9.17, 15) is 0 Å². The summed E-state index contributed by atoms with van der Waals surface area (Å²) in [6, 6.07) is 1.92. The van der Waals surface area contributed by atoms with Gasteiger partial charge in [0.25, 0.3) is 0 Å². The molecule has 0 saturated heterocycles. The highest BCUT2D eigenvalue weighted by Gasteiger charge is 2.08. The predicted molar refractivity (Wildman–Crippen MR) is 60.0 cm³/mol. The molecule has 1 unspecified atom stereocenters. The van der Waals surface area contributed by atoms with Gasteiger partial charge in [-0.2, -0.15) is 0 Å². The van der Waals surface area contributed by atoms with Crippen molar-refractivity contribution in [2.24, 2.45) is 0 Å². The maximum Gasteiger partial charge on any atom is 0.0754 e. The molecule has 1 aromatic heterocycles. The minimum Gasteiger partial charge on any atom is -0.260 e. The first-order chi connectivity index (χ1) is 6.15. The molecule has 1 nitrogen and oxygen atoms in total.